The molecule has 0 unspecified atom stereocenters. The molecule has 15 rings (SSSR count). The summed E-state index contributed by atoms with van der Waals surface area (Å²) in [5.74, 6) is 0. The van der Waals surface area contributed by atoms with Gasteiger partial charge in [0.1, 0.15) is 0 Å². The lowest BCUT2D eigenvalue weighted by atomic mass is 9.80. The molecular weight excluding hydrogens is 915 g/mol. The summed E-state index contributed by atoms with van der Waals surface area (Å²) >= 11 is 0. The minimum Gasteiger partial charge on any atom is -0.310 e. The topological polar surface area (TPSA) is 3.24 Å². The fourth-order valence-electron chi connectivity index (χ4n) is 14.0. The van der Waals surface area contributed by atoms with Crippen molar-refractivity contribution >= 4 is 49.4 Å². The first-order valence-electron chi connectivity index (χ1n) is 27.1. The molecule has 0 amide bonds. The monoisotopic (exact) mass is 971 g/mol. The Morgan fingerprint density at radius 1 is 0.224 bits per heavy atom. The Hall–Kier alpha value is -8.78. The summed E-state index contributed by atoms with van der Waals surface area (Å²) < 4.78 is 0. The van der Waals surface area contributed by atoms with E-state index in [4.69, 9.17) is 0 Å². The number of benzene rings is 12. The first kappa shape index (κ1) is 44.7. The van der Waals surface area contributed by atoms with Gasteiger partial charge >= 0.3 is 0 Å². The van der Waals surface area contributed by atoms with Crippen molar-refractivity contribution in [3.63, 3.8) is 0 Å². The fraction of sp³-hybridized carbons (Fsp3) is 0.120. The van der Waals surface area contributed by atoms with Crippen molar-refractivity contribution in [3.05, 3.63) is 270 Å². The normalized spacial score (nSPS) is 14.8. The third-order valence-corrected chi connectivity index (χ3v) is 18.1. The maximum atomic E-state index is 2.54. The zero-order chi connectivity index (χ0) is 51.2. The van der Waals surface area contributed by atoms with Crippen LogP contribution in [-0.4, -0.2) is 0 Å². The highest BCUT2D eigenvalue weighted by molar-refractivity contribution is 6.01. The lowest BCUT2D eigenvalue weighted by Gasteiger charge is -2.31. The number of rotatable bonds is 6. The van der Waals surface area contributed by atoms with Gasteiger partial charge in [-0.2, -0.15) is 0 Å². The van der Waals surface area contributed by atoms with E-state index >= 15 is 0 Å². The summed E-state index contributed by atoms with van der Waals surface area (Å²) in [5.41, 5.74) is 26.4. The van der Waals surface area contributed by atoms with Crippen LogP contribution in [0.25, 0.3) is 99.1 Å². The van der Waals surface area contributed by atoms with Crippen molar-refractivity contribution in [1.29, 1.82) is 0 Å². The van der Waals surface area contributed by atoms with Crippen LogP contribution in [0.15, 0.2) is 237 Å². The van der Waals surface area contributed by atoms with Gasteiger partial charge in [0.15, 0.2) is 0 Å². The van der Waals surface area contributed by atoms with Crippen LogP contribution in [0, 0.1) is 0 Å². The number of fused-ring (bicyclic) bond motifs is 12. The molecule has 1 nitrogen and oxygen atoms in total. The number of anilines is 3. The molecule has 3 aliphatic rings. The van der Waals surface area contributed by atoms with E-state index in [-0.39, 0.29) is 16.2 Å². The van der Waals surface area contributed by atoms with E-state index in [2.05, 4.69) is 283 Å². The molecule has 0 radical (unpaired) electrons. The Morgan fingerprint density at radius 3 is 0.776 bits per heavy atom. The molecule has 1 heteroatoms. The maximum absolute atomic E-state index is 2.54. The molecule has 0 aromatic heterocycles. The number of hydrogen-bond acceptors (Lipinski definition) is 1. The smallest absolute Gasteiger partial charge is 0.0465 e. The Labute approximate surface area is 446 Å². The van der Waals surface area contributed by atoms with Crippen LogP contribution in [0.1, 0.15) is 74.9 Å². The predicted octanol–water partition coefficient (Wildman–Crippen LogP) is 20.5. The third kappa shape index (κ3) is 6.45. The Morgan fingerprint density at radius 2 is 0.474 bits per heavy atom. The van der Waals surface area contributed by atoms with Gasteiger partial charge in [0, 0.05) is 33.3 Å². The zero-order valence-corrected chi connectivity index (χ0v) is 44.0. The highest BCUT2D eigenvalue weighted by Gasteiger charge is 2.40. The average molecular weight is 972 g/mol. The molecule has 3 aliphatic carbocycles. The number of hydrogen-bond donors (Lipinski definition) is 0. The van der Waals surface area contributed by atoms with Crippen LogP contribution in [0.5, 0.6) is 0 Å². The van der Waals surface area contributed by atoms with Crippen molar-refractivity contribution in [3.8, 4) is 66.8 Å². The molecule has 0 heterocycles. The molecule has 0 fully saturated rings. The standard InChI is InChI=1S/C75H57N/c1-73(2)67-40-49(58-25-13-19-46-16-7-10-22-55(46)58)28-34-61(67)64-37-31-52(43-70(64)73)76(53-32-38-65-62-35-29-50(41-68(62)74(3,4)71(65)44-53)59-26-14-20-47-17-8-11-23-56(47)59)54-33-39-66-63-36-30-51(42-69(63)75(5,6)72(66)45-54)60-27-15-21-48-18-9-12-24-57(48)60/h7-45H,1-6H3. The van der Waals surface area contributed by atoms with Crippen LogP contribution in [0.2, 0.25) is 0 Å². The molecule has 0 aliphatic heterocycles. The summed E-state index contributed by atoms with van der Waals surface area (Å²) in [5, 5.41) is 7.65. The first-order chi connectivity index (χ1) is 36.9. The van der Waals surface area contributed by atoms with Crippen LogP contribution in [-0.2, 0) is 16.2 Å². The first-order valence-corrected chi connectivity index (χ1v) is 27.1. The van der Waals surface area contributed by atoms with Gasteiger partial charge in [0.05, 0.1) is 0 Å². The highest BCUT2D eigenvalue weighted by atomic mass is 15.1. The quantitative estimate of drug-likeness (QED) is 0.160. The van der Waals surface area contributed by atoms with Crippen LogP contribution < -0.4 is 4.90 Å². The Kier molecular flexibility index (Phi) is 9.47. The highest BCUT2D eigenvalue weighted by Crippen LogP contribution is 2.56. The van der Waals surface area contributed by atoms with Crippen LogP contribution in [0.4, 0.5) is 17.1 Å². The molecular formula is C75H57N. The minimum absolute atomic E-state index is 0.236. The summed E-state index contributed by atoms with van der Waals surface area (Å²) in [4.78, 5) is 2.54. The molecule has 0 atom stereocenters. The lowest BCUT2D eigenvalue weighted by Crippen LogP contribution is -2.19. The van der Waals surface area contributed by atoms with Gasteiger partial charge in [-0.1, -0.05) is 224 Å². The van der Waals surface area contributed by atoms with E-state index in [1.165, 1.54) is 132 Å². The van der Waals surface area contributed by atoms with Gasteiger partial charge in [0.2, 0.25) is 0 Å². The third-order valence-electron chi connectivity index (χ3n) is 18.1. The van der Waals surface area contributed by atoms with E-state index in [0.29, 0.717) is 0 Å². The van der Waals surface area contributed by atoms with Crippen molar-refractivity contribution in [2.24, 2.45) is 0 Å². The lowest BCUT2D eigenvalue weighted by molar-refractivity contribution is 0.659. The van der Waals surface area contributed by atoms with Gasteiger partial charge in [0.25, 0.3) is 0 Å². The fourth-order valence-corrected chi connectivity index (χ4v) is 14.0. The van der Waals surface area contributed by atoms with Crippen LogP contribution >= 0.6 is 0 Å². The maximum Gasteiger partial charge on any atom is 0.0465 e. The summed E-state index contributed by atoms with van der Waals surface area (Å²) in [6.07, 6.45) is 0. The second-order valence-electron chi connectivity index (χ2n) is 23.3. The zero-order valence-electron chi connectivity index (χ0n) is 44.0. The van der Waals surface area contributed by atoms with Crippen molar-refractivity contribution in [1.82, 2.24) is 0 Å². The van der Waals surface area contributed by atoms with Crippen molar-refractivity contribution < 1.29 is 0 Å². The van der Waals surface area contributed by atoms with Gasteiger partial charge in [-0.3, -0.25) is 0 Å². The molecule has 0 saturated heterocycles. The average Bonchev–Trinajstić information content (AvgIpc) is 3.94. The van der Waals surface area contributed by atoms with Crippen LogP contribution in [0.3, 0.4) is 0 Å². The van der Waals surface area contributed by atoms with Crippen molar-refractivity contribution in [2.75, 3.05) is 4.90 Å². The predicted molar refractivity (Wildman–Crippen MR) is 323 cm³/mol. The molecule has 0 N–H and O–H groups in total. The Bertz CT molecular complexity index is 3980. The van der Waals surface area contributed by atoms with E-state index in [9.17, 15) is 0 Å². The van der Waals surface area contributed by atoms with E-state index in [1.54, 1.807) is 0 Å². The molecule has 0 bridgehead atoms. The molecule has 0 spiro atoms. The molecule has 12 aromatic rings. The van der Waals surface area contributed by atoms with E-state index in [0.717, 1.165) is 17.1 Å². The molecule has 0 saturated carbocycles. The Balaban J connectivity index is 0.865. The van der Waals surface area contributed by atoms with Gasteiger partial charge in [-0.25, -0.2) is 0 Å². The minimum atomic E-state index is -0.236. The van der Waals surface area contributed by atoms with E-state index < -0.39 is 0 Å². The number of nitrogens with zero attached hydrogens (tertiary/aromatic N) is 1. The molecule has 362 valence electrons. The molecule has 12 aromatic carbocycles. The van der Waals surface area contributed by atoms with Gasteiger partial charge in [-0.05, 0) is 187 Å². The van der Waals surface area contributed by atoms with E-state index in [1.807, 2.05) is 0 Å². The second-order valence-corrected chi connectivity index (χ2v) is 23.3. The second kappa shape index (κ2) is 16.1. The SMILES string of the molecule is CC1(C)c2cc(-c3cccc4ccccc34)ccc2-c2ccc(N(c3ccc4c(c3)C(C)(C)c3cc(-c5cccc6ccccc56)ccc3-4)c3ccc4c(c3)C(C)(C)c3cc(-c5cccc6ccccc56)ccc3-4)cc21. The van der Waals surface area contributed by atoms with Gasteiger partial charge in [-0.15, -0.1) is 0 Å². The van der Waals surface area contributed by atoms with Gasteiger partial charge < -0.3 is 4.90 Å². The van der Waals surface area contributed by atoms with Crippen molar-refractivity contribution in [2.45, 2.75) is 57.8 Å². The summed E-state index contributed by atoms with van der Waals surface area (Å²) in [6, 6.07) is 89.6. The largest absolute Gasteiger partial charge is 0.310 e. The molecule has 76 heavy (non-hydrogen) atoms. The summed E-state index contributed by atoms with van der Waals surface area (Å²) in [7, 11) is 0. The summed E-state index contributed by atoms with van der Waals surface area (Å²) in [6.45, 7) is 14.5.